The van der Waals surface area contributed by atoms with Gasteiger partial charge in [-0.3, -0.25) is 4.79 Å². The number of rotatable bonds is 5. The Balaban J connectivity index is 0.000000231. The average Bonchev–Trinajstić information content (AvgIpc) is 3.28. The van der Waals surface area contributed by atoms with Crippen molar-refractivity contribution >= 4 is 22.8 Å². The molecule has 1 aromatic carbocycles. The van der Waals surface area contributed by atoms with E-state index in [0.717, 1.165) is 0 Å². The smallest absolute Gasteiger partial charge is 0.332 e. The van der Waals surface area contributed by atoms with Crippen LogP contribution in [0.25, 0.3) is 0 Å². The monoisotopic (exact) mass is 349 g/mol. The standard InChI is InChI=1S/C8H13NO2.C7H2ClF3O/c1-2-11-8(10)5-6-9-7-3-4-7;8-7(12)3-1-5(10)6(11)2-4(3)9/h5-7,9H,2-4H2,1H3;1-2H/b6-5-;. The summed E-state index contributed by atoms with van der Waals surface area (Å²) in [6.45, 7) is 2.23. The van der Waals surface area contributed by atoms with E-state index in [2.05, 4.69) is 10.1 Å². The van der Waals surface area contributed by atoms with Crippen molar-refractivity contribution in [3.8, 4) is 0 Å². The Morgan fingerprint density at radius 3 is 2.39 bits per heavy atom. The molecule has 23 heavy (non-hydrogen) atoms. The fourth-order valence-electron chi connectivity index (χ4n) is 1.37. The van der Waals surface area contributed by atoms with E-state index in [-0.39, 0.29) is 12.0 Å². The number of halogens is 4. The Bertz CT molecular complexity index is 604. The van der Waals surface area contributed by atoms with Crippen LogP contribution in [0.15, 0.2) is 24.4 Å². The highest BCUT2D eigenvalue weighted by molar-refractivity contribution is 6.67. The fraction of sp³-hybridized carbons (Fsp3) is 0.333. The highest BCUT2D eigenvalue weighted by Crippen LogP contribution is 2.18. The van der Waals surface area contributed by atoms with Gasteiger partial charge in [-0.2, -0.15) is 0 Å². The first-order chi connectivity index (χ1) is 10.8. The van der Waals surface area contributed by atoms with E-state index in [1.165, 1.54) is 18.9 Å². The Hall–Kier alpha value is -2.02. The lowest BCUT2D eigenvalue weighted by Crippen LogP contribution is -2.08. The van der Waals surface area contributed by atoms with Gasteiger partial charge < -0.3 is 10.1 Å². The highest BCUT2D eigenvalue weighted by Gasteiger charge is 2.18. The molecule has 0 spiro atoms. The number of ether oxygens (including phenoxy) is 1. The van der Waals surface area contributed by atoms with E-state index >= 15 is 0 Å². The summed E-state index contributed by atoms with van der Waals surface area (Å²) in [4.78, 5) is 21.1. The predicted molar refractivity (Wildman–Crippen MR) is 78.4 cm³/mol. The SMILES string of the molecule is CCOC(=O)/C=C\NC1CC1.O=C(Cl)c1cc(F)c(F)cc1F. The van der Waals surface area contributed by atoms with Crippen LogP contribution in [-0.4, -0.2) is 23.9 Å². The third kappa shape index (κ3) is 7.19. The zero-order chi connectivity index (χ0) is 17.4. The second kappa shape index (κ2) is 9.19. The van der Waals surface area contributed by atoms with E-state index in [4.69, 9.17) is 11.6 Å². The number of nitrogens with one attached hydrogen (secondary N) is 1. The lowest BCUT2D eigenvalue weighted by Gasteiger charge is -1.97. The summed E-state index contributed by atoms with van der Waals surface area (Å²) in [5, 5.41) is 1.90. The van der Waals surface area contributed by atoms with Gasteiger partial charge in [0.25, 0.3) is 5.24 Å². The lowest BCUT2D eigenvalue weighted by molar-refractivity contribution is -0.137. The van der Waals surface area contributed by atoms with Gasteiger partial charge in [0, 0.05) is 24.4 Å². The van der Waals surface area contributed by atoms with Gasteiger partial charge in [0.1, 0.15) is 5.82 Å². The Morgan fingerprint density at radius 1 is 1.26 bits per heavy atom. The van der Waals surface area contributed by atoms with Gasteiger partial charge in [-0.05, 0) is 37.4 Å². The summed E-state index contributed by atoms with van der Waals surface area (Å²) in [6, 6.07) is 1.28. The number of carbonyl (C=O) groups excluding carboxylic acids is 2. The van der Waals surface area contributed by atoms with Crippen LogP contribution in [0.5, 0.6) is 0 Å². The second-order valence-corrected chi connectivity index (χ2v) is 4.89. The number of carbonyl (C=O) groups is 2. The van der Waals surface area contributed by atoms with Crippen molar-refractivity contribution in [2.45, 2.75) is 25.8 Å². The van der Waals surface area contributed by atoms with E-state index in [9.17, 15) is 22.8 Å². The van der Waals surface area contributed by atoms with Crippen molar-refractivity contribution in [2.75, 3.05) is 6.61 Å². The Morgan fingerprint density at radius 2 is 1.87 bits per heavy atom. The van der Waals surface area contributed by atoms with Crippen LogP contribution in [-0.2, 0) is 9.53 Å². The minimum Gasteiger partial charge on any atom is -0.463 e. The van der Waals surface area contributed by atoms with E-state index < -0.39 is 28.3 Å². The first kappa shape index (κ1) is 19.0. The number of hydrogen-bond donors (Lipinski definition) is 1. The lowest BCUT2D eigenvalue weighted by atomic mass is 10.2. The average molecular weight is 350 g/mol. The molecule has 0 bridgehead atoms. The first-order valence-corrected chi connectivity index (χ1v) is 7.16. The summed E-state index contributed by atoms with van der Waals surface area (Å²) in [6.07, 6.45) is 5.51. The van der Waals surface area contributed by atoms with Crippen molar-refractivity contribution in [3.63, 3.8) is 0 Å². The molecule has 4 nitrogen and oxygen atoms in total. The quantitative estimate of drug-likeness (QED) is 0.383. The molecule has 1 saturated carbocycles. The van der Waals surface area contributed by atoms with Gasteiger partial charge >= 0.3 is 5.97 Å². The molecule has 1 aliphatic carbocycles. The molecule has 0 aliphatic heterocycles. The second-order valence-electron chi connectivity index (χ2n) is 4.55. The first-order valence-electron chi connectivity index (χ1n) is 6.78. The molecule has 2 rings (SSSR count). The zero-order valence-corrected chi connectivity index (χ0v) is 13.0. The number of hydrogen-bond acceptors (Lipinski definition) is 4. The molecule has 1 aliphatic rings. The van der Waals surface area contributed by atoms with Crippen molar-refractivity contribution in [1.82, 2.24) is 5.32 Å². The molecule has 0 unspecified atom stereocenters. The fourth-order valence-corrected chi connectivity index (χ4v) is 1.51. The van der Waals surface area contributed by atoms with Crippen LogP contribution >= 0.6 is 11.6 Å². The van der Waals surface area contributed by atoms with Crippen LogP contribution in [0.4, 0.5) is 13.2 Å². The van der Waals surface area contributed by atoms with Crippen LogP contribution in [0.2, 0.25) is 0 Å². The zero-order valence-electron chi connectivity index (χ0n) is 12.2. The summed E-state index contributed by atoms with van der Waals surface area (Å²) in [7, 11) is 0. The molecule has 1 fully saturated rings. The number of esters is 1. The molecule has 126 valence electrons. The van der Waals surface area contributed by atoms with Crippen LogP contribution < -0.4 is 5.32 Å². The molecule has 0 atom stereocenters. The molecule has 0 saturated heterocycles. The molecule has 0 heterocycles. The Labute approximate surface area is 136 Å². The normalized spacial score (nSPS) is 13.3. The maximum absolute atomic E-state index is 12.6. The van der Waals surface area contributed by atoms with Crippen LogP contribution in [0, 0.1) is 17.5 Å². The largest absolute Gasteiger partial charge is 0.463 e. The van der Waals surface area contributed by atoms with Gasteiger partial charge in [0.05, 0.1) is 12.2 Å². The molecule has 0 radical (unpaired) electrons. The molecule has 1 aromatic rings. The van der Waals surface area contributed by atoms with E-state index in [1.807, 2.05) is 0 Å². The van der Waals surface area contributed by atoms with Gasteiger partial charge in [-0.15, -0.1) is 0 Å². The summed E-state index contributed by atoms with van der Waals surface area (Å²) in [5.74, 6) is -4.11. The van der Waals surface area contributed by atoms with Gasteiger partial charge in [0.2, 0.25) is 0 Å². The highest BCUT2D eigenvalue weighted by atomic mass is 35.5. The van der Waals surface area contributed by atoms with E-state index in [1.54, 1.807) is 13.1 Å². The summed E-state index contributed by atoms with van der Waals surface area (Å²) in [5.41, 5.74) is -0.671. The molecular formula is C15H15ClF3NO3. The van der Waals surface area contributed by atoms with Gasteiger partial charge in [0.15, 0.2) is 11.6 Å². The van der Waals surface area contributed by atoms with Gasteiger partial charge in [-0.25, -0.2) is 18.0 Å². The van der Waals surface area contributed by atoms with Crippen LogP contribution in [0.3, 0.4) is 0 Å². The van der Waals surface area contributed by atoms with Gasteiger partial charge in [-0.1, -0.05) is 0 Å². The maximum Gasteiger partial charge on any atom is 0.332 e. The molecule has 0 amide bonds. The third-order valence-electron chi connectivity index (χ3n) is 2.64. The van der Waals surface area contributed by atoms with Crippen molar-refractivity contribution in [3.05, 3.63) is 47.4 Å². The van der Waals surface area contributed by atoms with Crippen LogP contribution in [0.1, 0.15) is 30.1 Å². The molecular weight excluding hydrogens is 335 g/mol. The van der Waals surface area contributed by atoms with E-state index in [0.29, 0.717) is 18.7 Å². The minimum atomic E-state index is -1.35. The summed E-state index contributed by atoms with van der Waals surface area (Å²) < 4.78 is 41.9. The summed E-state index contributed by atoms with van der Waals surface area (Å²) >= 11 is 4.86. The molecule has 0 aromatic heterocycles. The van der Waals surface area contributed by atoms with Crippen molar-refractivity contribution < 1.29 is 27.5 Å². The maximum atomic E-state index is 12.6. The molecule has 8 heteroatoms. The molecule has 1 N–H and O–H groups in total. The Kier molecular flexibility index (Phi) is 7.61. The third-order valence-corrected chi connectivity index (χ3v) is 2.84. The number of benzene rings is 1. The topological polar surface area (TPSA) is 55.4 Å². The van der Waals surface area contributed by atoms with Crippen molar-refractivity contribution in [1.29, 1.82) is 0 Å². The van der Waals surface area contributed by atoms with Crippen molar-refractivity contribution in [2.24, 2.45) is 0 Å². The minimum absolute atomic E-state index is 0.269. The predicted octanol–water partition coefficient (Wildman–Crippen LogP) is 3.30.